The highest BCUT2D eigenvalue weighted by Gasteiger charge is 2.17. The summed E-state index contributed by atoms with van der Waals surface area (Å²) in [6.45, 7) is 3.55. The number of anilines is 2. The summed E-state index contributed by atoms with van der Waals surface area (Å²) in [6, 6.07) is 19.9. The fourth-order valence-corrected chi connectivity index (χ4v) is 3.83. The molecule has 0 saturated heterocycles. The van der Waals surface area contributed by atoms with Gasteiger partial charge in [0.1, 0.15) is 11.5 Å². The number of aryl methyl sites for hydroxylation is 1. The Morgan fingerprint density at radius 2 is 1.52 bits per heavy atom. The summed E-state index contributed by atoms with van der Waals surface area (Å²) in [7, 11) is -2.23. The van der Waals surface area contributed by atoms with Gasteiger partial charge in [-0.3, -0.25) is 9.52 Å². The minimum atomic E-state index is -3.77. The van der Waals surface area contributed by atoms with E-state index < -0.39 is 16.1 Å². The molecule has 0 radical (unpaired) electrons. The number of hydrogen-bond donors (Lipinski definition) is 2. The zero-order valence-corrected chi connectivity index (χ0v) is 18.3. The summed E-state index contributed by atoms with van der Waals surface area (Å²) < 4.78 is 38.4. The first-order valence-corrected chi connectivity index (χ1v) is 11.1. The maximum atomic E-state index is 12.6. The smallest absolute Gasteiger partial charge is 0.265 e. The van der Waals surface area contributed by atoms with Crippen LogP contribution in [-0.4, -0.2) is 27.5 Å². The molecule has 0 saturated carbocycles. The number of sulfonamides is 1. The van der Waals surface area contributed by atoms with Crippen LogP contribution >= 0.6 is 0 Å². The highest BCUT2D eigenvalue weighted by Crippen LogP contribution is 2.21. The third-order valence-corrected chi connectivity index (χ3v) is 5.94. The van der Waals surface area contributed by atoms with Gasteiger partial charge in [-0.15, -0.1) is 0 Å². The van der Waals surface area contributed by atoms with Crippen molar-refractivity contribution in [1.82, 2.24) is 0 Å². The van der Waals surface area contributed by atoms with E-state index in [9.17, 15) is 13.2 Å². The summed E-state index contributed by atoms with van der Waals surface area (Å²) >= 11 is 0. The Balaban J connectivity index is 1.63. The van der Waals surface area contributed by atoms with Crippen LogP contribution < -0.4 is 19.5 Å². The number of benzene rings is 3. The number of carbonyl (C=O) groups excluding carboxylic acids is 1. The molecule has 31 heavy (non-hydrogen) atoms. The predicted molar refractivity (Wildman–Crippen MR) is 120 cm³/mol. The standard InChI is InChI=1S/C23H24N2O5S/c1-16-6-4-5-7-22(16)30-17(2)23(26)24-18-10-14-21(15-11-18)31(27,28)25-19-8-12-20(29-3)13-9-19/h4-15,17,25H,1-3H3,(H,24,26). The lowest BCUT2D eigenvalue weighted by atomic mass is 10.2. The zero-order chi connectivity index (χ0) is 22.4. The SMILES string of the molecule is COc1ccc(NS(=O)(=O)c2ccc(NC(=O)C(C)Oc3ccccc3C)cc2)cc1. The van der Waals surface area contributed by atoms with Crippen molar-refractivity contribution in [2.24, 2.45) is 0 Å². The molecule has 3 rings (SSSR count). The van der Waals surface area contributed by atoms with Crippen molar-refractivity contribution in [3.63, 3.8) is 0 Å². The summed E-state index contributed by atoms with van der Waals surface area (Å²) in [5.41, 5.74) is 1.81. The number of nitrogens with one attached hydrogen (secondary N) is 2. The number of rotatable bonds is 8. The molecule has 7 nitrogen and oxygen atoms in total. The predicted octanol–water partition coefficient (Wildman–Crippen LogP) is 4.21. The Hall–Kier alpha value is -3.52. The van der Waals surface area contributed by atoms with Gasteiger partial charge in [0.25, 0.3) is 15.9 Å². The van der Waals surface area contributed by atoms with E-state index in [0.717, 1.165) is 5.56 Å². The van der Waals surface area contributed by atoms with E-state index in [1.54, 1.807) is 37.3 Å². The van der Waals surface area contributed by atoms with Gasteiger partial charge in [0, 0.05) is 11.4 Å². The van der Waals surface area contributed by atoms with Crippen LogP contribution in [0.5, 0.6) is 11.5 Å². The first kappa shape index (κ1) is 22.2. The van der Waals surface area contributed by atoms with Gasteiger partial charge in [-0.2, -0.15) is 0 Å². The summed E-state index contributed by atoms with van der Waals surface area (Å²) in [5, 5.41) is 2.73. The molecule has 0 fully saturated rings. The molecule has 3 aromatic carbocycles. The van der Waals surface area contributed by atoms with Gasteiger partial charge in [0.05, 0.1) is 12.0 Å². The average Bonchev–Trinajstić information content (AvgIpc) is 2.76. The third-order valence-electron chi connectivity index (χ3n) is 4.54. The molecule has 0 spiro atoms. The van der Waals surface area contributed by atoms with Crippen molar-refractivity contribution in [2.45, 2.75) is 24.8 Å². The van der Waals surface area contributed by atoms with Crippen LogP contribution in [0, 0.1) is 6.92 Å². The molecule has 1 unspecified atom stereocenters. The molecule has 0 bridgehead atoms. The fourth-order valence-electron chi connectivity index (χ4n) is 2.77. The third kappa shape index (κ3) is 5.76. The van der Waals surface area contributed by atoms with Crippen LogP contribution in [0.2, 0.25) is 0 Å². The van der Waals surface area contributed by atoms with Gasteiger partial charge in [-0.25, -0.2) is 8.42 Å². The van der Waals surface area contributed by atoms with Crippen LogP contribution in [0.25, 0.3) is 0 Å². The molecular weight excluding hydrogens is 416 g/mol. The lowest BCUT2D eigenvalue weighted by Crippen LogP contribution is -2.30. The maximum absolute atomic E-state index is 12.6. The quantitative estimate of drug-likeness (QED) is 0.547. The van der Waals surface area contributed by atoms with E-state index in [-0.39, 0.29) is 10.8 Å². The van der Waals surface area contributed by atoms with Crippen LogP contribution in [-0.2, 0) is 14.8 Å². The minimum absolute atomic E-state index is 0.0746. The first-order chi connectivity index (χ1) is 14.8. The Morgan fingerprint density at radius 1 is 0.903 bits per heavy atom. The molecule has 1 atom stereocenters. The number of para-hydroxylation sites is 1. The Kier molecular flexibility index (Phi) is 6.81. The molecule has 0 heterocycles. The highest BCUT2D eigenvalue weighted by molar-refractivity contribution is 7.92. The van der Waals surface area contributed by atoms with E-state index >= 15 is 0 Å². The molecule has 0 aromatic heterocycles. The first-order valence-electron chi connectivity index (χ1n) is 9.58. The molecule has 0 aliphatic carbocycles. The molecule has 3 aromatic rings. The van der Waals surface area contributed by atoms with Crippen molar-refractivity contribution < 1.29 is 22.7 Å². The second-order valence-electron chi connectivity index (χ2n) is 6.87. The molecule has 2 N–H and O–H groups in total. The Morgan fingerprint density at radius 3 is 2.13 bits per heavy atom. The van der Waals surface area contributed by atoms with E-state index in [0.29, 0.717) is 22.9 Å². The second kappa shape index (κ2) is 9.53. The number of amides is 1. The van der Waals surface area contributed by atoms with Gasteiger partial charge >= 0.3 is 0 Å². The molecular formula is C23H24N2O5S. The van der Waals surface area contributed by atoms with Crippen molar-refractivity contribution in [3.8, 4) is 11.5 Å². The average molecular weight is 441 g/mol. The number of hydrogen-bond acceptors (Lipinski definition) is 5. The van der Waals surface area contributed by atoms with Gasteiger partial charge in [0.2, 0.25) is 0 Å². The molecule has 1 amide bonds. The van der Waals surface area contributed by atoms with E-state index in [4.69, 9.17) is 9.47 Å². The monoisotopic (exact) mass is 440 g/mol. The van der Waals surface area contributed by atoms with Gasteiger partial charge < -0.3 is 14.8 Å². The van der Waals surface area contributed by atoms with Crippen molar-refractivity contribution in [1.29, 1.82) is 0 Å². The number of ether oxygens (including phenoxy) is 2. The summed E-state index contributed by atoms with van der Waals surface area (Å²) in [5.74, 6) is 0.926. The van der Waals surface area contributed by atoms with Crippen LogP contribution in [0.1, 0.15) is 12.5 Å². The Bertz CT molecular complexity index is 1140. The van der Waals surface area contributed by atoms with Gasteiger partial charge in [0.15, 0.2) is 6.10 Å². The van der Waals surface area contributed by atoms with Crippen molar-refractivity contribution in [3.05, 3.63) is 78.4 Å². The van der Waals surface area contributed by atoms with E-state index in [1.807, 2.05) is 25.1 Å². The van der Waals surface area contributed by atoms with E-state index in [1.165, 1.54) is 31.4 Å². The largest absolute Gasteiger partial charge is 0.497 e. The van der Waals surface area contributed by atoms with Crippen LogP contribution in [0.3, 0.4) is 0 Å². The molecule has 8 heteroatoms. The second-order valence-corrected chi connectivity index (χ2v) is 8.56. The fraction of sp³-hybridized carbons (Fsp3) is 0.174. The molecule has 0 aliphatic heterocycles. The van der Waals surface area contributed by atoms with Gasteiger partial charge in [-0.05, 0) is 74.0 Å². The molecule has 0 aliphatic rings. The lowest BCUT2D eigenvalue weighted by molar-refractivity contribution is -0.122. The van der Waals surface area contributed by atoms with Gasteiger partial charge in [-0.1, -0.05) is 18.2 Å². The lowest BCUT2D eigenvalue weighted by Gasteiger charge is -2.16. The minimum Gasteiger partial charge on any atom is -0.497 e. The Labute approximate surface area is 182 Å². The van der Waals surface area contributed by atoms with Crippen LogP contribution in [0.4, 0.5) is 11.4 Å². The molecule has 162 valence electrons. The topological polar surface area (TPSA) is 93.7 Å². The van der Waals surface area contributed by atoms with Crippen molar-refractivity contribution >= 4 is 27.3 Å². The normalized spacial score (nSPS) is 12.0. The summed E-state index contributed by atoms with van der Waals surface area (Å²) in [6.07, 6.45) is -0.721. The maximum Gasteiger partial charge on any atom is 0.265 e. The van der Waals surface area contributed by atoms with Crippen molar-refractivity contribution in [2.75, 3.05) is 17.1 Å². The zero-order valence-electron chi connectivity index (χ0n) is 17.5. The van der Waals surface area contributed by atoms with Crippen LogP contribution in [0.15, 0.2) is 77.7 Å². The highest BCUT2D eigenvalue weighted by atomic mass is 32.2. The number of carbonyl (C=O) groups is 1. The van der Waals surface area contributed by atoms with E-state index in [2.05, 4.69) is 10.0 Å². The summed E-state index contributed by atoms with van der Waals surface area (Å²) in [4.78, 5) is 12.5. The number of methoxy groups -OCH3 is 1.